The number of amides is 1. The largest absolute Gasteiger partial charge is 0.444 e. The number of morpholine rings is 1. The Morgan fingerprint density at radius 3 is 2.47 bits per heavy atom. The van der Waals surface area contributed by atoms with E-state index in [1.165, 1.54) is 15.5 Å². The van der Waals surface area contributed by atoms with Crippen molar-refractivity contribution in [2.75, 3.05) is 42.6 Å². The van der Waals surface area contributed by atoms with Gasteiger partial charge in [-0.2, -0.15) is 18.2 Å². The molecular weight excluding hydrogens is 479 g/mol. The van der Waals surface area contributed by atoms with Gasteiger partial charge in [0.2, 0.25) is 5.95 Å². The Morgan fingerprint density at radius 2 is 1.89 bits per heavy atom. The van der Waals surface area contributed by atoms with Gasteiger partial charge in [0.15, 0.2) is 0 Å². The number of ether oxygens (including phenoxy) is 2. The van der Waals surface area contributed by atoms with Crippen LogP contribution in [0.15, 0.2) is 10.9 Å². The van der Waals surface area contributed by atoms with Gasteiger partial charge in [-0.05, 0) is 52.4 Å². The summed E-state index contributed by atoms with van der Waals surface area (Å²) in [6, 6.07) is -0.171. The number of carbonyl (C=O) groups is 1. The third-order valence-corrected chi connectivity index (χ3v) is 7.53. The highest BCUT2D eigenvalue weighted by atomic mass is 19.4. The number of alkyl halides is 3. The standard InChI is InChI=1S/C24H34F3N5O4/c1-23(2,3)36-22(34)29-7-4-15(5-8-29)12-32-18(24(25,26)27)6-9-30-20(33)11-19(28-21(30)32)31-13-17-10-16(31)14-35-17/h11,15-18H,4-10,12-14H2,1-3H3/t16?,17-,18?/m0/s1. The number of hydrogen-bond donors (Lipinski definition) is 0. The van der Waals surface area contributed by atoms with E-state index in [-0.39, 0.29) is 49.1 Å². The van der Waals surface area contributed by atoms with E-state index >= 15 is 0 Å². The first-order valence-electron chi connectivity index (χ1n) is 12.7. The highest BCUT2D eigenvalue weighted by Gasteiger charge is 2.48. The number of likely N-dealkylation sites (tertiary alicyclic amines) is 1. The average molecular weight is 514 g/mol. The fourth-order valence-corrected chi connectivity index (χ4v) is 5.74. The van der Waals surface area contributed by atoms with Crippen LogP contribution < -0.4 is 15.4 Å². The quantitative estimate of drug-likeness (QED) is 0.615. The summed E-state index contributed by atoms with van der Waals surface area (Å²) < 4.78 is 54.8. The van der Waals surface area contributed by atoms with Crippen molar-refractivity contribution in [2.45, 2.75) is 83.0 Å². The van der Waals surface area contributed by atoms with Crippen molar-refractivity contribution in [3.05, 3.63) is 16.4 Å². The van der Waals surface area contributed by atoms with Crippen molar-refractivity contribution in [1.29, 1.82) is 0 Å². The second kappa shape index (κ2) is 9.11. The summed E-state index contributed by atoms with van der Waals surface area (Å²) in [5.41, 5.74) is -0.938. The van der Waals surface area contributed by atoms with Gasteiger partial charge in [-0.25, -0.2) is 4.79 Å². The highest BCUT2D eigenvalue weighted by Crippen LogP contribution is 2.37. The maximum absolute atomic E-state index is 14.1. The topological polar surface area (TPSA) is 80.1 Å². The second-order valence-electron chi connectivity index (χ2n) is 11.3. The van der Waals surface area contributed by atoms with Gasteiger partial charge in [0, 0.05) is 38.8 Å². The number of aromatic nitrogens is 2. The van der Waals surface area contributed by atoms with Crippen LogP contribution in [0.1, 0.15) is 46.5 Å². The van der Waals surface area contributed by atoms with Crippen LogP contribution in [0.4, 0.5) is 29.7 Å². The van der Waals surface area contributed by atoms with Gasteiger partial charge in [-0.15, -0.1) is 0 Å². The van der Waals surface area contributed by atoms with Crippen molar-refractivity contribution in [3.8, 4) is 0 Å². The van der Waals surface area contributed by atoms with Crippen LogP contribution >= 0.6 is 0 Å². The molecule has 4 aliphatic heterocycles. The third-order valence-electron chi connectivity index (χ3n) is 7.53. The van der Waals surface area contributed by atoms with Crippen LogP contribution in [0.25, 0.3) is 0 Å². The highest BCUT2D eigenvalue weighted by molar-refractivity contribution is 5.68. The zero-order chi connectivity index (χ0) is 25.8. The summed E-state index contributed by atoms with van der Waals surface area (Å²) in [6.45, 7) is 7.46. The molecule has 200 valence electrons. The van der Waals surface area contributed by atoms with Crippen molar-refractivity contribution in [2.24, 2.45) is 5.92 Å². The molecule has 0 saturated carbocycles. The van der Waals surface area contributed by atoms with Crippen LogP contribution in [-0.2, 0) is 16.0 Å². The Kier molecular flexibility index (Phi) is 6.37. The Labute approximate surface area is 208 Å². The molecule has 1 amide bonds. The summed E-state index contributed by atoms with van der Waals surface area (Å²) >= 11 is 0. The molecule has 1 aromatic heterocycles. The molecule has 4 aliphatic rings. The first-order chi connectivity index (χ1) is 16.9. The first-order valence-corrected chi connectivity index (χ1v) is 12.7. The molecule has 3 atom stereocenters. The summed E-state index contributed by atoms with van der Waals surface area (Å²) in [4.78, 5) is 34.9. The van der Waals surface area contributed by atoms with E-state index in [0.29, 0.717) is 44.9 Å². The lowest BCUT2D eigenvalue weighted by Crippen LogP contribution is -2.55. The Balaban J connectivity index is 1.36. The Bertz CT molecular complexity index is 1050. The Morgan fingerprint density at radius 1 is 1.17 bits per heavy atom. The molecule has 0 spiro atoms. The van der Waals surface area contributed by atoms with Crippen molar-refractivity contribution in [3.63, 3.8) is 0 Å². The summed E-state index contributed by atoms with van der Waals surface area (Å²) in [5.74, 6) is 0.441. The average Bonchev–Trinajstić information content (AvgIpc) is 3.42. The van der Waals surface area contributed by atoms with Crippen LogP contribution in [0.5, 0.6) is 0 Å². The fourth-order valence-electron chi connectivity index (χ4n) is 5.74. The molecule has 0 aromatic carbocycles. The van der Waals surface area contributed by atoms with E-state index in [4.69, 9.17) is 9.47 Å². The van der Waals surface area contributed by atoms with E-state index in [2.05, 4.69) is 4.98 Å². The third kappa shape index (κ3) is 5.01. The molecule has 0 N–H and O–H groups in total. The molecule has 12 heteroatoms. The van der Waals surface area contributed by atoms with Gasteiger partial charge >= 0.3 is 12.3 Å². The van der Waals surface area contributed by atoms with Gasteiger partial charge in [0.1, 0.15) is 17.5 Å². The number of piperidine rings is 1. The molecule has 3 fully saturated rings. The van der Waals surface area contributed by atoms with Crippen LogP contribution in [0.3, 0.4) is 0 Å². The van der Waals surface area contributed by atoms with E-state index in [1.807, 2.05) is 4.90 Å². The minimum Gasteiger partial charge on any atom is -0.444 e. The smallest absolute Gasteiger partial charge is 0.410 e. The zero-order valence-corrected chi connectivity index (χ0v) is 21.0. The van der Waals surface area contributed by atoms with Crippen molar-refractivity contribution >= 4 is 17.9 Å². The minimum atomic E-state index is -4.45. The SMILES string of the molecule is CC(C)(C)OC(=O)N1CCC(CN2c3nc(N4C[C@@H]5CC4CO5)cc(=O)n3CCC2C(F)(F)F)CC1. The molecule has 5 heterocycles. The normalized spacial score (nSPS) is 26.9. The van der Waals surface area contributed by atoms with E-state index < -0.39 is 23.9 Å². The van der Waals surface area contributed by atoms with Gasteiger partial charge in [0.25, 0.3) is 5.56 Å². The number of fused-ring (bicyclic) bond motifs is 3. The molecule has 1 aromatic rings. The molecule has 2 bridgehead atoms. The van der Waals surface area contributed by atoms with Crippen LogP contribution in [0.2, 0.25) is 0 Å². The number of carbonyl (C=O) groups excluding carboxylic acids is 1. The van der Waals surface area contributed by atoms with Gasteiger partial charge in [0.05, 0.1) is 18.8 Å². The monoisotopic (exact) mass is 513 g/mol. The number of anilines is 2. The summed E-state index contributed by atoms with van der Waals surface area (Å²) in [6.07, 6.45) is -3.03. The predicted molar refractivity (Wildman–Crippen MR) is 126 cm³/mol. The second-order valence-corrected chi connectivity index (χ2v) is 11.3. The predicted octanol–water partition coefficient (Wildman–Crippen LogP) is 3.01. The molecular formula is C24H34F3N5O4. The molecule has 36 heavy (non-hydrogen) atoms. The lowest BCUT2D eigenvalue weighted by atomic mass is 9.95. The molecule has 0 aliphatic carbocycles. The molecule has 5 rings (SSSR count). The first kappa shape index (κ1) is 25.2. The maximum atomic E-state index is 14.1. The summed E-state index contributed by atoms with van der Waals surface area (Å²) in [5, 5.41) is 0. The Hall–Kier alpha value is -2.50. The van der Waals surface area contributed by atoms with E-state index in [9.17, 15) is 22.8 Å². The van der Waals surface area contributed by atoms with Gasteiger partial charge in [-0.3, -0.25) is 9.36 Å². The molecule has 2 unspecified atom stereocenters. The lowest BCUT2D eigenvalue weighted by Gasteiger charge is -2.42. The van der Waals surface area contributed by atoms with E-state index in [1.54, 1.807) is 25.7 Å². The molecule has 0 radical (unpaired) electrons. The molecule has 3 saturated heterocycles. The molecule has 9 nitrogen and oxygen atoms in total. The number of hydrogen-bond acceptors (Lipinski definition) is 7. The fraction of sp³-hybridized carbons (Fsp3) is 0.792. The number of halogens is 3. The zero-order valence-electron chi connectivity index (χ0n) is 21.0. The number of rotatable bonds is 3. The van der Waals surface area contributed by atoms with Crippen LogP contribution in [-0.4, -0.2) is 83.3 Å². The van der Waals surface area contributed by atoms with Crippen LogP contribution in [0, 0.1) is 5.92 Å². The van der Waals surface area contributed by atoms with Gasteiger partial charge in [-0.1, -0.05) is 0 Å². The number of nitrogens with zero attached hydrogens (tertiary/aromatic N) is 5. The van der Waals surface area contributed by atoms with E-state index in [0.717, 1.165) is 6.42 Å². The van der Waals surface area contributed by atoms with Gasteiger partial charge < -0.3 is 24.2 Å². The summed E-state index contributed by atoms with van der Waals surface area (Å²) in [7, 11) is 0. The minimum absolute atomic E-state index is 0.0195. The van der Waals surface area contributed by atoms with Crippen molar-refractivity contribution in [1.82, 2.24) is 14.5 Å². The van der Waals surface area contributed by atoms with Crippen molar-refractivity contribution < 1.29 is 27.4 Å². The maximum Gasteiger partial charge on any atom is 0.410 e. The lowest BCUT2D eigenvalue weighted by molar-refractivity contribution is -0.153.